The monoisotopic (exact) mass is 280 g/mol. The van der Waals surface area contributed by atoms with Gasteiger partial charge < -0.3 is 4.74 Å². The Morgan fingerprint density at radius 2 is 2.05 bits per heavy atom. The van der Waals surface area contributed by atoms with Crippen LogP contribution in [0.1, 0.15) is 27.0 Å². The van der Waals surface area contributed by atoms with E-state index in [0.717, 1.165) is 16.6 Å². The van der Waals surface area contributed by atoms with E-state index in [0.29, 0.717) is 16.9 Å². The molecule has 106 valence electrons. The molecule has 4 heteroatoms. The van der Waals surface area contributed by atoms with Crippen LogP contribution < -0.4 is 4.74 Å². The Balaban J connectivity index is 2.19. The number of benzene rings is 1. The number of hydrogen-bond donors (Lipinski definition) is 0. The maximum atomic E-state index is 12.9. The van der Waals surface area contributed by atoms with Crippen molar-refractivity contribution in [2.24, 2.45) is 0 Å². The average Bonchev–Trinajstić information content (AvgIpc) is 2.89. The van der Waals surface area contributed by atoms with Crippen molar-refractivity contribution in [3.05, 3.63) is 65.0 Å². The summed E-state index contributed by atoms with van der Waals surface area (Å²) in [5.41, 5.74) is 3.96. The standard InChI is InChI=1S/C17H16N2O2/c1-11-8-12(2)16(15(9-11)21-3)17(20)13-10-18-19-7-5-4-6-14(13)19/h4-10H,1-3H3. The zero-order valence-electron chi connectivity index (χ0n) is 12.3. The highest BCUT2D eigenvalue weighted by atomic mass is 16.5. The largest absolute Gasteiger partial charge is 0.496 e. The first-order valence-electron chi connectivity index (χ1n) is 6.74. The summed E-state index contributed by atoms with van der Waals surface area (Å²) in [6, 6.07) is 9.53. The number of nitrogens with zero attached hydrogens (tertiary/aromatic N) is 2. The number of carbonyl (C=O) groups is 1. The number of methoxy groups -OCH3 is 1. The Kier molecular flexibility index (Phi) is 3.22. The van der Waals surface area contributed by atoms with Crippen molar-refractivity contribution in [1.29, 1.82) is 0 Å². The summed E-state index contributed by atoms with van der Waals surface area (Å²) in [6.07, 6.45) is 3.43. The van der Waals surface area contributed by atoms with Crippen molar-refractivity contribution in [1.82, 2.24) is 9.61 Å². The molecule has 0 fully saturated rings. The molecule has 2 aromatic heterocycles. The molecule has 0 aliphatic rings. The molecule has 0 bridgehead atoms. The number of ketones is 1. The molecule has 0 saturated carbocycles. The van der Waals surface area contributed by atoms with Gasteiger partial charge in [0.15, 0.2) is 0 Å². The van der Waals surface area contributed by atoms with Gasteiger partial charge in [-0.05, 0) is 43.2 Å². The number of hydrogen-bond acceptors (Lipinski definition) is 3. The Labute approximate surface area is 123 Å². The van der Waals surface area contributed by atoms with E-state index in [4.69, 9.17) is 4.74 Å². The molecular weight excluding hydrogens is 264 g/mol. The van der Waals surface area contributed by atoms with Gasteiger partial charge >= 0.3 is 0 Å². The van der Waals surface area contributed by atoms with E-state index in [1.165, 1.54) is 0 Å². The van der Waals surface area contributed by atoms with Crippen LogP contribution in [-0.4, -0.2) is 22.5 Å². The predicted molar refractivity (Wildman–Crippen MR) is 81.1 cm³/mol. The first kappa shape index (κ1) is 13.4. The second-order valence-corrected chi connectivity index (χ2v) is 5.08. The highest BCUT2D eigenvalue weighted by Crippen LogP contribution is 2.28. The smallest absolute Gasteiger partial charge is 0.200 e. The molecule has 0 N–H and O–H groups in total. The number of aryl methyl sites for hydroxylation is 2. The van der Waals surface area contributed by atoms with Crippen molar-refractivity contribution in [2.45, 2.75) is 13.8 Å². The van der Waals surface area contributed by atoms with Crippen LogP contribution in [0.3, 0.4) is 0 Å². The number of carbonyl (C=O) groups excluding carboxylic acids is 1. The summed E-state index contributed by atoms with van der Waals surface area (Å²) in [5, 5.41) is 4.22. The fourth-order valence-corrected chi connectivity index (χ4v) is 2.62. The Hall–Kier alpha value is -2.62. The number of pyridine rings is 1. The molecule has 1 aromatic carbocycles. The molecule has 0 aliphatic heterocycles. The van der Waals surface area contributed by atoms with Crippen LogP contribution in [0, 0.1) is 13.8 Å². The second-order valence-electron chi connectivity index (χ2n) is 5.08. The summed E-state index contributed by atoms with van der Waals surface area (Å²) >= 11 is 0. The molecule has 0 atom stereocenters. The number of ether oxygens (including phenoxy) is 1. The highest BCUT2D eigenvalue weighted by Gasteiger charge is 2.20. The lowest BCUT2D eigenvalue weighted by atomic mass is 9.97. The Morgan fingerprint density at radius 1 is 1.24 bits per heavy atom. The number of rotatable bonds is 3. The van der Waals surface area contributed by atoms with Crippen molar-refractivity contribution in [2.75, 3.05) is 7.11 Å². The van der Waals surface area contributed by atoms with Gasteiger partial charge in [0.1, 0.15) is 5.75 Å². The van der Waals surface area contributed by atoms with Crippen LogP contribution >= 0.6 is 0 Å². The van der Waals surface area contributed by atoms with E-state index in [-0.39, 0.29) is 5.78 Å². The van der Waals surface area contributed by atoms with Crippen LogP contribution in [0.2, 0.25) is 0 Å². The van der Waals surface area contributed by atoms with Crippen molar-refractivity contribution in [3.8, 4) is 5.75 Å². The highest BCUT2D eigenvalue weighted by molar-refractivity contribution is 6.15. The van der Waals surface area contributed by atoms with Gasteiger partial charge in [-0.25, -0.2) is 4.52 Å². The molecule has 0 aliphatic carbocycles. The van der Waals surface area contributed by atoms with Gasteiger partial charge in [-0.1, -0.05) is 12.1 Å². The summed E-state index contributed by atoms with van der Waals surface area (Å²) in [5.74, 6) is 0.540. The minimum atomic E-state index is -0.0643. The van der Waals surface area contributed by atoms with Gasteiger partial charge in [-0.3, -0.25) is 4.79 Å². The first-order chi connectivity index (χ1) is 10.1. The molecule has 3 aromatic rings. The minimum absolute atomic E-state index is 0.0643. The fraction of sp³-hybridized carbons (Fsp3) is 0.176. The third kappa shape index (κ3) is 2.18. The predicted octanol–water partition coefficient (Wildman–Crippen LogP) is 3.19. The summed E-state index contributed by atoms with van der Waals surface area (Å²) < 4.78 is 7.09. The molecule has 21 heavy (non-hydrogen) atoms. The van der Waals surface area contributed by atoms with Crippen LogP contribution in [0.25, 0.3) is 5.52 Å². The van der Waals surface area contributed by atoms with Gasteiger partial charge in [0.2, 0.25) is 5.78 Å². The topological polar surface area (TPSA) is 43.6 Å². The quantitative estimate of drug-likeness (QED) is 0.692. The third-order valence-corrected chi connectivity index (χ3v) is 3.56. The summed E-state index contributed by atoms with van der Waals surface area (Å²) in [7, 11) is 1.58. The van der Waals surface area contributed by atoms with Crippen LogP contribution in [0.15, 0.2) is 42.7 Å². The SMILES string of the molecule is COc1cc(C)cc(C)c1C(=O)c1cnn2ccccc12. The normalized spacial score (nSPS) is 10.8. The van der Waals surface area contributed by atoms with Crippen molar-refractivity contribution < 1.29 is 9.53 Å². The van der Waals surface area contributed by atoms with Gasteiger partial charge in [-0.2, -0.15) is 5.10 Å². The molecule has 0 amide bonds. The van der Waals surface area contributed by atoms with E-state index in [1.54, 1.807) is 17.8 Å². The van der Waals surface area contributed by atoms with Gasteiger partial charge in [0.25, 0.3) is 0 Å². The van der Waals surface area contributed by atoms with E-state index >= 15 is 0 Å². The Bertz CT molecular complexity index is 834. The lowest BCUT2D eigenvalue weighted by Crippen LogP contribution is -2.06. The van der Waals surface area contributed by atoms with Gasteiger partial charge in [-0.15, -0.1) is 0 Å². The fourth-order valence-electron chi connectivity index (χ4n) is 2.62. The molecule has 3 rings (SSSR count). The van der Waals surface area contributed by atoms with E-state index in [2.05, 4.69) is 5.10 Å². The van der Waals surface area contributed by atoms with Crippen LogP contribution in [0.5, 0.6) is 5.75 Å². The average molecular weight is 280 g/mol. The maximum absolute atomic E-state index is 12.9. The lowest BCUT2D eigenvalue weighted by molar-refractivity contribution is 0.103. The van der Waals surface area contributed by atoms with Gasteiger partial charge in [0, 0.05) is 6.20 Å². The second kappa shape index (κ2) is 5.05. The zero-order valence-corrected chi connectivity index (χ0v) is 12.3. The van der Waals surface area contributed by atoms with Gasteiger partial charge in [0.05, 0.1) is 30.0 Å². The first-order valence-corrected chi connectivity index (χ1v) is 6.74. The number of fused-ring (bicyclic) bond motifs is 1. The minimum Gasteiger partial charge on any atom is -0.496 e. The van der Waals surface area contributed by atoms with E-state index < -0.39 is 0 Å². The number of aromatic nitrogens is 2. The molecule has 4 nitrogen and oxygen atoms in total. The van der Waals surface area contributed by atoms with Crippen molar-refractivity contribution >= 4 is 11.3 Å². The molecule has 0 saturated heterocycles. The van der Waals surface area contributed by atoms with Crippen molar-refractivity contribution in [3.63, 3.8) is 0 Å². The molecule has 0 spiro atoms. The van der Waals surface area contributed by atoms with E-state index in [9.17, 15) is 4.79 Å². The summed E-state index contributed by atoms with van der Waals surface area (Å²) in [4.78, 5) is 12.9. The lowest BCUT2D eigenvalue weighted by Gasteiger charge is -2.11. The molecule has 2 heterocycles. The molecule has 0 radical (unpaired) electrons. The zero-order chi connectivity index (χ0) is 15.0. The van der Waals surface area contributed by atoms with Crippen LogP contribution in [-0.2, 0) is 0 Å². The summed E-state index contributed by atoms with van der Waals surface area (Å²) in [6.45, 7) is 3.91. The molecular formula is C17H16N2O2. The molecule has 0 unspecified atom stereocenters. The van der Waals surface area contributed by atoms with Crippen LogP contribution in [0.4, 0.5) is 0 Å². The Morgan fingerprint density at radius 3 is 2.81 bits per heavy atom. The van der Waals surface area contributed by atoms with E-state index in [1.807, 2.05) is 50.4 Å². The third-order valence-electron chi connectivity index (χ3n) is 3.56. The maximum Gasteiger partial charge on any atom is 0.200 e.